The van der Waals surface area contributed by atoms with Crippen molar-refractivity contribution >= 4 is 5.69 Å². The molecule has 0 aliphatic carbocycles. The van der Waals surface area contributed by atoms with E-state index in [4.69, 9.17) is 4.98 Å². The third-order valence-corrected chi connectivity index (χ3v) is 5.74. The summed E-state index contributed by atoms with van der Waals surface area (Å²) in [6.45, 7) is 0. The van der Waals surface area contributed by atoms with Gasteiger partial charge in [0.25, 0.3) is 0 Å². The maximum absolute atomic E-state index is 10.7. The second-order valence-electron chi connectivity index (χ2n) is 8.13. The summed E-state index contributed by atoms with van der Waals surface area (Å²) in [7, 11) is 4.06. The highest BCUT2D eigenvalue weighted by molar-refractivity contribution is 5.85. The smallest absolute Gasteiger partial charge is 0.149 e. The van der Waals surface area contributed by atoms with Crippen molar-refractivity contribution < 1.29 is 5.11 Å². The van der Waals surface area contributed by atoms with Crippen LogP contribution in [0, 0.1) is 0 Å². The number of anilines is 1. The SMILES string of the molecule is CN(C)c1ccc(-n2c(-c3ccccc3O)nc(-c3ccccc3)c2-c2ccccc2)cc1. The Hall–Kier alpha value is -4.31. The second-order valence-corrected chi connectivity index (χ2v) is 8.13. The van der Waals surface area contributed by atoms with E-state index in [0.717, 1.165) is 33.9 Å². The number of aromatic nitrogens is 2. The Kier molecular flexibility index (Phi) is 5.41. The van der Waals surface area contributed by atoms with Crippen molar-refractivity contribution in [1.29, 1.82) is 0 Å². The number of hydrogen-bond acceptors (Lipinski definition) is 3. The van der Waals surface area contributed by atoms with Crippen molar-refractivity contribution in [2.24, 2.45) is 0 Å². The minimum Gasteiger partial charge on any atom is -0.507 e. The molecule has 0 spiro atoms. The zero-order valence-electron chi connectivity index (χ0n) is 18.7. The first-order valence-corrected chi connectivity index (χ1v) is 10.9. The molecule has 4 aromatic carbocycles. The number of hydrogen-bond donors (Lipinski definition) is 1. The molecule has 0 atom stereocenters. The molecule has 0 radical (unpaired) electrons. The first-order chi connectivity index (χ1) is 16.1. The second kappa shape index (κ2) is 8.67. The van der Waals surface area contributed by atoms with Crippen LogP contribution in [-0.2, 0) is 0 Å². The number of rotatable bonds is 5. The monoisotopic (exact) mass is 431 g/mol. The van der Waals surface area contributed by atoms with Crippen molar-refractivity contribution in [3.63, 3.8) is 0 Å². The van der Waals surface area contributed by atoms with Gasteiger partial charge in [-0.05, 0) is 36.4 Å². The molecule has 0 aliphatic heterocycles. The molecule has 0 aliphatic rings. The molecule has 0 bridgehead atoms. The van der Waals surface area contributed by atoms with Gasteiger partial charge in [-0.15, -0.1) is 0 Å². The van der Waals surface area contributed by atoms with Crippen LogP contribution in [0.2, 0.25) is 0 Å². The molecule has 4 nitrogen and oxygen atoms in total. The summed E-state index contributed by atoms with van der Waals surface area (Å²) in [5.41, 5.74) is 6.72. The zero-order chi connectivity index (χ0) is 22.8. The van der Waals surface area contributed by atoms with Crippen LogP contribution in [0.25, 0.3) is 39.6 Å². The molecular weight excluding hydrogens is 406 g/mol. The standard InChI is InChI=1S/C29H25N3O/c1-31(2)23-17-19-24(20-18-23)32-28(22-13-7-4-8-14-22)27(21-11-5-3-6-12-21)30-29(32)25-15-9-10-16-26(25)33/h3-20,33H,1-2H3. The van der Waals surface area contributed by atoms with Gasteiger partial charge in [0.1, 0.15) is 11.6 Å². The van der Waals surface area contributed by atoms with Gasteiger partial charge in [-0.1, -0.05) is 72.8 Å². The minimum absolute atomic E-state index is 0.202. The number of imidazole rings is 1. The van der Waals surface area contributed by atoms with Crippen LogP contribution < -0.4 is 4.90 Å². The number of phenolic OH excluding ortho intramolecular Hbond substituents is 1. The molecule has 0 saturated heterocycles. The topological polar surface area (TPSA) is 41.3 Å². The van der Waals surface area contributed by atoms with Gasteiger partial charge in [0.15, 0.2) is 0 Å². The van der Waals surface area contributed by atoms with Crippen molar-refractivity contribution in [3.05, 3.63) is 109 Å². The molecule has 0 unspecified atom stereocenters. The van der Waals surface area contributed by atoms with Gasteiger partial charge in [0, 0.05) is 36.6 Å². The first-order valence-electron chi connectivity index (χ1n) is 10.9. The molecule has 1 aromatic heterocycles. The zero-order valence-corrected chi connectivity index (χ0v) is 18.7. The van der Waals surface area contributed by atoms with Gasteiger partial charge in [-0.2, -0.15) is 0 Å². The van der Waals surface area contributed by atoms with Crippen LogP contribution >= 0.6 is 0 Å². The minimum atomic E-state index is 0.202. The highest BCUT2D eigenvalue weighted by Gasteiger charge is 2.23. The lowest BCUT2D eigenvalue weighted by atomic mass is 10.0. The molecule has 0 fully saturated rings. The predicted molar refractivity (Wildman–Crippen MR) is 136 cm³/mol. The van der Waals surface area contributed by atoms with Gasteiger partial charge >= 0.3 is 0 Å². The van der Waals surface area contributed by atoms with Crippen molar-refractivity contribution in [1.82, 2.24) is 9.55 Å². The average molecular weight is 432 g/mol. The van der Waals surface area contributed by atoms with Crippen LogP contribution in [0.5, 0.6) is 5.75 Å². The Labute approximate surface area is 194 Å². The summed E-state index contributed by atoms with van der Waals surface area (Å²) in [6.07, 6.45) is 0. The third-order valence-electron chi connectivity index (χ3n) is 5.74. The van der Waals surface area contributed by atoms with E-state index in [9.17, 15) is 5.11 Å². The van der Waals surface area contributed by atoms with Gasteiger partial charge in [0.2, 0.25) is 0 Å². The quantitative estimate of drug-likeness (QED) is 0.339. The number of phenols is 1. The number of para-hydroxylation sites is 1. The fourth-order valence-electron chi connectivity index (χ4n) is 4.07. The van der Waals surface area contributed by atoms with Crippen LogP contribution in [0.4, 0.5) is 5.69 Å². The van der Waals surface area contributed by atoms with E-state index < -0.39 is 0 Å². The highest BCUT2D eigenvalue weighted by atomic mass is 16.3. The summed E-state index contributed by atoms with van der Waals surface area (Å²) in [6, 6.07) is 36.2. The molecule has 5 aromatic rings. The number of nitrogens with zero attached hydrogens (tertiary/aromatic N) is 3. The van der Waals surface area contributed by atoms with Crippen molar-refractivity contribution in [2.75, 3.05) is 19.0 Å². The van der Waals surface area contributed by atoms with E-state index in [0.29, 0.717) is 11.4 Å². The lowest BCUT2D eigenvalue weighted by Gasteiger charge is -2.16. The van der Waals surface area contributed by atoms with E-state index >= 15 is 0 Å². The number of benzene rings is 4. The Bertz CT molecular complexity index is 1370. The van der Waals surface area contributed by atoms with Crippen LogP contribution in [0.15, 0.2) is 109 Å². The van der Waals surface area contributed by atoms with E-state index in [2.05, 4.69) is 58.0 Å². The predicted octanol–water partition coefficient (Wildman–Crippen LogP) is 6.64. The van der Waals surface area contributed by atoms with Gasteiger partial charge < -0.3 is 10.0 Å². The van der Waals surface area contributed by atoms with Gasteiger partial charge in [0.05, 0.1) is 17.0 Å². The first kappa shape index (κ1) is 20.6. The van der Waals surface area contributed by atoms with E-state index in [1.54, 1.807) is 6.07 Å². The highest BCUT2D eigenvalue weighted by Crippen LogP contribution is 2.40. The lowest BCUT2D eigenvalue weighted by molar-refractivity contribution is 0.477. The maximum atomic E-state index is 10.7. The number of aromatic hydroxyl groups is 1. The van der Waals surface area contributed by atoms with E-state index in [-0.39, 0.29) is 5.75 Å². The van der Waals surface area contributed by atoms with E-state index in [1.165, 1.54) is 0 Å². The largest absolute Gasteiger partial charge is 0.507 e. The maximum Gasteiger partial charge on any atom is 0.149 e. The van der Waals surface area contributed by atoms with Crippen molar-refractivity contribution in [3.8, 4) is 45.3 Å². The summed E-state index contributed by atoms with van der Waals surface area (Å²) in [5.74, 6) is 0.899. The van der Waals surface area contributed by atoms with Gasteiger partial charge in [-0.25, -0.2) is 4.98 Å². The fourth-order valence-corrected chi connectivity index (χ4v) is 4.07. The van der Waals surface area contributed by atoms with Gasteiger partial charge in [-0.3, -0.25) is 4.57 Å². The summed E-state index contributed by atoms with van der Waals surface area (Å²) in [5, 5.41) is 10.7. The molecule has 33 heavy (non-hydrogen) atoms. The van der Waals surface area contributed by atoms with E-state index in [1.807, 2.05) is 68.7 Å². The molecule has 0 saturated carbocycles. The Morgan fingerprint density at radius 1 is 0.667 bits per heavy atom. The summed E-state index contributed by atoms with van der Waals surface area (Å²) >= 11 is 0. The summed E-state index contributed by atoms with van der Waals surface area (Å²) in [4.78, 5) is 7.19. The lowest BCUT2D eigenvalue weighted by Crippen LogP contribution is -2.08. The Morgan fingerprint density at radius 3 is 1.85 bits per heavy atom. The normalized spacial score (nSPS) is 10.8. The molecule has 4 heteroatoms. The molecule has 5 rings (SSSR count). The molecular formula is C29H25N3O. The Balaban J connectivity index is 1.86. The van der Waals surface area contributed by atoms with Crippen LogP contribution in [0.3, 0.4) is 0 Å². The van der Waals surface area contributed by atoms with Crippen LogP contribution in [0.1, 0.15) is 0 Å². The molecule has 162 valence electrons. The average Bonchev–Trinajstić information content (AvgIpc) is 3.26. The summed E-state index contributed by atoms with van der Waals surface area (Å²) < 4.78 is 2.14. The molecule has 1 N–H and O–H groups in total. The fraction of sp³-hybridized carbons (Fsp3) is 0.0690. The Morgan fingerprint density at radius 2 is 1.24 bits per heavy atom. The third kappa shape index (κ3) is 3.87. The molecule has 0 amide bonds. The molecule has 1 heterocycles. The van der Waals surface area contributed by atoms with Crippen molar-refractivity contribution in [2.45, 2.75) is 0 Å². The van der Waals surface area contributed by atoms with Crippen LogP contribution in [-0.4, -0.2) is 28.8 Å².